The van der Waals surface area contributed by atoms with Crippen molar-refractivity contribution in [1.82, 2.24) is 25.9 Å². The van der Waals surface area contributed by atoms with Gasteiger partial charge in [-0.05, 0) is 38.3 Å². The first-order valence-electron chi connectivity index (χ1n) is 13.6. The zero-order valence-corrected chi connectivity index (χ0v) is 24.6. The molecular weight excluding hydrogens is 528 g/mol. The topological polar surface area (TPSA) is 145 Å². The van der Waals surface area contributed by atoms with E-state index in [1.54, 1.807) is 30.3 Å². The van der Waals surface area contributed by atoms with Gasteiger partial charge in [-0.3, -0.25) is 9.80 Å². The van der Waals surface area contributed by atoms with Gasteiger partial charge in [0.1, 0.15) is 29.7 Å². The number of ether oxygens (including phenoxy) is 2. The monoisotopic (exact) mass is 568 g/mol. The Kier molecular flexibility index (Phi) is 8.34. The fourth-order valence-electron chi connectivity index (χ4n) is 4.89. The zero-order valence-electron chi connectivity index (χ0n) is 24.6. The van der Waals surface area contributed by atoms with Crippen molar-refractivity contribution < 1.29 is 29.0 Å². The molecule has 2 aliphatic heterocycles. The van der Waals surface area contributed by atoms with E-state index in [1.807, 2.05) is 59.9 Å². The van der Waals surface area contributed by atoms with Crippen LogP contribution in [0.2, 0.25) is 0 Å². The van der Waals surface area contributed by atoms with Crippen molar-refractivity contribution in [2.24, 2.45) is 5.41 Å². The van der Waals surface area contributed by atoms with Crippen LogP contribution in [0.4, 0.5) is 10.6 Å². The number of anilines is 1. The van der Waals surface area contributed by atoms with E-state index in [1.165, 1.54) is 4.90 Å². The molecule has 0 saturated carbocycles. The molecule has 1 fully saturated rings. The number of nitrogens with zero attached hydrogens (tertiary/aromatic N) is 3. The number of hydrazine groups is 1. The average Bonchev–Trinajstić information content (AvgIpc) is 3.55. The smallest absolute Gasteiger partial charge is 0.326 e. The van der Waals surface area contributed by atoms with Crippen LogP contribution in [0.1, 0.15) is 48.0 Å². The first-order valence-corrected chi connectivity index (χ1v) is 13.6. The van der Waals surface area contributed by atoms with Crippen LogP contribution < -0.4 is 30.5 Å². The number of carboxylic acid groups (broad SMARTS) is 1. The van der Waals surface area contributed by atoms with Gasteiger partial charge >= 0.3 is 12.0 Å². The number of hydrogen-bond acceptors (Lipinski definition) is 8. The Balaban J connectivity index is 1.62. The summed E-state index contributed by atoms with van der Waals surface area (Å²) in [7, 11) is 1.58. The molecule has 0 spiro atoms. The zero-order chi connectivity index (χ0) is 30.1. The minimum absolute atomic E-state index is 0.0438. The second kappa shape index (κ2) is 11.4. The largest absolute Gasteiger partial charge is 0.497 e. The highest BCUT2D eigenvalue weighted by Crippen LogP contribution is 2.35. The average molecular weight is 569 g/mol. The summed E-state index contributed by atoms with van der Waals surface area (Å²) < 4.78 is 11.8. The van der Waals surface area contributed by atoms with Crippen molar-refractivity contribution in [3.8, 4) is 11.5 Å². The van der Waals surface area contributed by atoms with E-state index < -0.39 is 47.0 Å². The maximum atomic E-state index is 13.8. The molecule has 12 heteroatoms. The number of carbonyl (C=O) groups excluding carboxylic acids is 2. The number of rotatable bonds is 7. The predicted molar refractivity (Wildman–Crippen MR) is 155 cm³/mol. The van der Waals surface area contributed by atoms with Gasteiger partial charge in [-0.15, -0.1) is 0 Å². The van der Waals surface area contributed by atoms with E-state index in [0.29, 0.717) is 29.4 Å². The van der Waals surface area contributed by atoms with Gasteiger partial charge in [0.05, 0.1) is 19.2 Å². The summed E-state index contributed by atoms with van der Waals surface area (Å²) in [5.41, 5.74) is 2.64. The SMILES string of the molecule is COc1ccc2c(O[C@@H]3CC(C(=O)O)N(C(=O)[C@@H](NC(=O)NC(C)(C)C)C(C)(C)C)C3)cc(N3C=CCN3)nc2c1. The van der Waals surface area contributed by atoms with Crippen LogP contribution in [0.3, 0.4) is 0 Å². The van der Waals surface area contributed by atoms with Gasteiger partial charge in [0.25, 0.3) is 0 Å². The summed E-state index contributed by atoms with van der Waals surface area (Å²) in [5, 5.41) is 18.1. The lowest BCUT2D eigenvalue weighted by molar-refractivity contribution is -0.150. The summed E-state index contributed by atoms with van der Waals surface area (Å²) in [6, 6.07) is 4.66. The van der Waals surface area contributed by atoms with Crippen LogP contribution in [0, 0.1) is 5.41 Å². The van der Waals surface area contributed by atoms with Crippen LogP contribution in [-0.2, 0) is 9.59 Å². The Morgan fingerprint density at radius 3 is 2.46 bits per heavy atom. The molecule has 222 valence electrons. The first-order chi connectivity index (χ1) is 19.2. The van der Waals surface area contributed by atoms with E-state index in [0.717, 1.165) is 5.39 Å². The van der Waals surface area contributed by atoms with E-state index in [-0.39, 0.29) is 13.0 Å². The lowest BCUT2D eigenvalue weighted by Crippen LogP contribution is -2.60. The molecule has 1 unspecified atom stereocenters. The van der Waals surface area contributed by atoms with E-state index in [4.69, 9.17) is 14.5 Å². The number of nitrogens with one attached hydrogen (secondary N) is 3. The minimum atomic E-state index is -1.13. The van der Waals surface area contributed by atoms with Crippen LogP contribution in [0.15, 0.2) is 36.5 Å². The molecule has 3 atom stereocenters. The number of likely N-dealkylation sites (tertiary alicyclic amines) is 1. The molecule has 1 saturated heterocycles. The fraction of sp³-hybridized carbons (Fsp3) is 0.517. The third-order valence-electron chi connectivity index (χ3n) is 6.85. The van der Waals surface area contributed by atoms with E-state index >= 15 is 0 Å². The van der Waals surface area contributed by atoms with E-state index in [9.17, 15) is 19.5 Å². The molecule has 2 aromatic rings. The molecule has 3 amide bonds. The lowest BCUT2D eigenvalue weighted by Gasteiger charge is -2.35. The van der Waals surface area contributed by atoms with Gasteiger partial charge in [0.15, 0.2) is 5.82 Å². The number of urea groups is 1. The number of carboxylic acids is 1. The molecule has 0 radical (unpaired) electrons. The number of fused-ring (bicyclic) bond motifs is 1. The van der Waals surface area contributed by atoms with Gasteiger partial charge < -0.3 is 30.1 Å². The molecule has 0 bridgehead atoms. The molecule has 4 N–H and O–H groups in total. The van der Waals surface area contributed by atoms with Crippen molar-refractivity contribution in [2.45, 2.75) is 71.7 Å². The molecule has 41 heavy (non-hydrogen) atoms. The lowest BCUT2D eigenvalue weighted by atomic mass is 9.85. The number of pyridine rings is 1. The molecule has 1 aromatic carbocycles. The number of amides is 3. The van der Waals surface area contributed by atoms with Crippen molar-refractivity contribution in [3.63, 3.8) is 0 Å². The Morgan fingerprint density at radius 2 is 1.88 bits per heavy atom. The van der Waals surface area contributed by atoms with Crippen LogP contribution >= 0.6 is 0 Å². The Morgan fingerprint density at radius 1 is 1.15 bits per heavy atom. The maximum absolute atomic E-state index is 13.8. The van der Waals surface area contributed by atoms with Gasteiger partial charge in [-0.2, -0.15) is 0 Å². The number of hydrogen-bond donors (Lipinski definition) is 4. The Labute approximate surface area is 240 Å². The molecule has 2 aliphatic rings. The van der Waals surface area contributed by atoms with Crippen LogP contribution in [0.25, 0.3) is 10.9 Å². The molecule has 3 heterocycles. The highest BCUT2D eigenvalue weighted by Gasteiger charge is 2.46. The summed E-state index contributed by atoms with van der Waals surface area (Å²) in [4.78, 5) is 44.9. The molecule has 12 nitrogen and oxygen atoms in total. The van der Waals surface area contributed by atoms with Crippen molar-refractivity contribution in [3.05, 3.63) is 36.5 Å². The van der Waals surface area contributed by atoms with Gasteiger partial charge in [-0.1, -0.05) is 26.8 Å². The second-order valence-corrected chi connectivity index (χ2v) is 12.4. The van der Waals surface area contributed by atoms with E-state index in [2.05, 4.69) is 16.1 Å². The second-order valence-electron chi connectivity index (χ2n) is 12.4. The molecular formula is C29H40N6O6. The van der Waals surface area contributed by atoms with Crippen molar-refractivity contribution in [2.75, 3.05) is 25.2 Å². The third kappa shape index (κ3) is 6.99. The third-order valence-corrected chi connectivity index (χ3v) is 6.85. The van der Waals surface area contributed by atoms with Crippen LogP contribution in [-0.4, -0.2) is 76.8 Å². The van der Waals surface area contributed by atoms with Crippen molar-refractivity contribution >= 4 is 34.6 Å². The van der Waals surface area contributed by atoms with Crippen LogP contribution in [0.5, 0.6) is 11.5 Å². The van der Waals surface area contributed by atoms with Crippen molar-refractivity contribution in [1.29, 1.82) is 0 Å². The first kappa shape index (κ1) is 29.9. The minimum Gasteiger partial charge on any atom is -0.497 e. The summed E-state index contributed by atoms with van der Waals surface area (Å²) in [6.45, 7) is 11.7. The predicted octanol–water partition coefficient (Wildman–Crippen LogP) is 3.03. The van der Waals surface area contributed by atoms with Gasteiger partial charge in [0.2, 0.25) is 5.91 Å². The normalized spacial score (nSPS) is 19.8. The van der Waals surface area contributed by atoms with Gasteiger partial charge in [-0.25, -0.2) is 20.0 Å². The Bertz CT molecular complexity index is 1350. The number of aliphatic carboxylic acids is 1. The highest BCUT2D eigenvalue weighted by molar-refractivity contribution is 5.92. The molecule has 4 rings (SSSR count). The number of carbonyl (C=O) groups is 3. The maximum Gasteiger partial charge on any atom is 0.326 e. The fourth-order valence-corrected chi connectivity index (χ4v) is 4.89. The Hall–Kier alpha value is -4.06. The standard InChI is InChI=1S/C29H40N6O6/c1-28(2,3)24(32-27(39)33-29(4,5)6)25(36)34-16-18(14-21(34)26(37)38)41-22-15-23(35-12-8-11-30-35)31-20-13-17(40-7)9-10-19(20)22/h8-10,12-13,15,18,21,24,30H,11,14,16H2,1-7H3,(H,37,38)(H2,32,33,39)/t18-,21?,24-/m1/s1. The molecule has 1 aromatic heterocycles. The summed E-state index contributed by atoms with van der Waals surface area (Å²) in [6.07, 6.45) is 3.30. The molecule has 0 aliphatic carbocycles. The summed E-state index contributed by atoms with van der Waals surface area (Å²) in [5.74, 6) is 0.132. The van der Waals surface area contributed by atoms with Gasteiger partial charge in [0, 0.05) is 42.2 Å². The number of aromatic nitrogens is 1. The summed E-state index contributed by atoms with van der Waals surface area (Å²) >= 11 is 0. The number of methoxy groups -OCH3 is 1. The highest BCUT2D eigenvalue weighted by atomic mass is 16.5. The number of benzene rings is 1. The quantitative estimate of drug-likeness (QED) is 0.396.